The van der Waals surface area contributed by atoms with E-state index in [9.17, 15) is 9.90 Å². The van der Waals surface area contributed by atoms with Crippen LogP contribution in [0.2, 0.25) is 0 Å². The summed E-state index contributed by atoms with van der Waals surface area (Å²) in [5.41, 5.74) is 0.848. The highest BCUT2D eigenvalue weighted by Crippen LogP contribution is 2.29. The van der Waals surface area contributed by atoms with Crippen molar-refractivity contribution in [2.75, 3.05) is 6.54 Å². The van der Waals surface area contributed by atoms with Crippen LogP contribution < -0.4 is 0 Å². The quantitative estimate of drug-likeness (QED) is 0.343. The zero-order valence-corrected chi connectivity index (χ0v) is 12.5. The van der Waals surface area contributed by atoms with Crippen molar-refractivity contribution in [1.29, 1.82) is 0 Å². The zero-order chi connectivity index (χ0) is 14.3. The molecule has 0 heterocycles. The van der Waals surface area contributed by atoms with Crippen LogP contribution in [0.1, 0.15) is 31.7 Å². The van der Waals surface area contributed by atoms with Gasteiger partial charge in [0.05, 0.1) is 0 Å². The van der Waals surface area contributed by atoms with Crippen LogP contribution >= 0.6 is 23.4 Å². The molecule has 1 atom stereocenters. The van der Waals surface area contributed by atoms with E-state index in [0.29, 0.717) is 6.54 Å². The van der Waals surface area contributed by atoms with Gasteiger partial charge in [0.2, 0.25) is 5.00 Å². The number of unbranched alkanes of at least 4 members (excludes halogenated alkanes) is 2. The summed E-state index contributed by atoms with van der Waals surface area (Å²) >= 11 is 12.3. The minimum atomic E-state index is -1.60. The topological polar surface area (TPSA) is 40.5 Å². The van der Waals surface area contributed by atoms with E-state index in [2.05, 4.69) is 6.92 Å². The summed E-state index contributed by atoms with van der Waals surface area (Å²) < 4.78 is 1.21. The van der Waals surface area contributed by atoms with Gasteiger partial charge >= 0.3 is 5.97 Å². The fourth-order valence-electron chi connectivity index (χ4n) is 1.81. The van der Waals surface area contributed by atoms with Gasteiger partial charge in [-0.3, -0.25) is 0 Å². The van der Waals surface area contributed by atoms with Crippen LogP contribution in [-0.2, 0) is 11.2 Å². The molecule has 0 aliphatic heterocycles. The summed E-state index contributed by atoms with van der Waals surface area (Å²) in [6, 6.07) is 9.27. The lowest BCUT2D eigenvalue weighted by atomic mass is 10.1. The predicted molar refractivity (Wildman–Crippen MR) is 78.4 cm³/mol. The molecule has 1 aromatic carbocycles. The molecule has 3 nitrogen and oxygen atoms in total. The molecule has 0 fully saturated rings. The molecular formula is C14H19Cl2NO2. The Morgan fingerprint density at radius 3 is 2.47 bits per heavy atom. The standard InChI is InChI=1S/C14H19Cl2NO2/c1-2-3-7-10-17(16)14(15,13(18)19)11-12-8-5-4-6-9-12/h4-6,8-9H,2-3,7,10-11H2,1H3,(H,18,19)/t14-/m0/s1. The number of carbonyl (C=O) groups is 1. The van der Waals surface area contributed by atoms with Gasteiger partial charge in [0.25, 0.3) is 0 Å². The molecular weight excluding hydrogens is 285 g/mol. The molecule has 0 aromatic heterocycles. The van der Waals surface area contributed by atoms with E-state index in [-0.39, 0.29) is 6.42 Å². The lowest BCUT2D eigenvalue weighted by molar-refractivity contribution is -0.143. The molecule has 0 radical (unpaired) electrons. The van der Waals surface area contributed by atoms with Gasteiger partial charge in [0.1, 0.15) is 0 Å². The Morgan fingerprint density at radius 1 is 1.32 bits per heavy atom. The maximum Gasteiger partial charge on any atom is 0.341 e. The third kappa shape index (κ3) is 4.68. The molecule has 5 heteroatoms. The number of nitrogens with zero attached hydrogens (tertiary/aromatic N) is 1. The van der Waals surface area contributed by atoms with Gasteiger partial charge in [-0.2, -0.15) is 4.42 Å². The average Bonchev–Trinajstić information content (AvgIpc) is 2.39. The first kappa shape index (κ1) is 16.3. The van der Waals surface area contributed by atoms with E-state index in [1.165, 1.54) is 4.42 Å². The van der Waals surface area contributed by atoms with Gasteiger partial charge in [-0.05, 0) is 23.8 Å². The maximum atomic E-state index is 11.4. The van der Waals surface area contributed by atoms with E-state index >= 15 is 0 Å². The molecule has 0 aliphatic carbocycles. The van der Waals surface area contributed by atoms with Crippen molar-refractivity contribution in [1.82, 2.24) is 4.42 Å². The van der Waals surface area contributed by atoms with Crippen LogP contribution in [0, 0.1) is 0 Å². The minimum Gasteiger partial charge on any atom is -0.479 e. The number of carboxylic acid groups (broad SMARTS) is 1. The molecule has 19 heavy (non-hydrogen) atoms. The molecule has 1 N–H and O–H groups in total. The van der Waals surface area contributed by atoms with Gasteiger partial charge in [-0.25, -0.2) is 4.79 Å². The van der Waals surface area contributed by atoms with Gasteiger partial charge in [-0.1, -0.05) is 61.7 Å². The number of hydrogen-bond donors (Lipinski definition) is 1. The highest BCUT2D eigenvalue weighted by Gasteiger charge is 2.42. The Balaban J connectivity index is 2.76. The van der Waals surface area contributed by atoms with Gasteiger partial charge < -0.3 is 5.11 Å². The van der Waals surface area contributed by atoms with Crippen LogP contribution in [0.15, 0.2) is 30.3 Å². The predicted octanol–water partition coefficient (Wildman–Crippen LogP) is 3.89. The van der Waals surface area contributed by atoms with Crippen molar-refractivity contribution in [3.63, 3.8) is 0 Å². The number of benzene rings is 1. The van der Waals surface area contributed by atoms with Crippen LogP contribution in [0.3, 0.4) is 0 Å². The Bertz CT molecular complexity index is 400. The van der Waals surface area contributed by atoms with Crippen molar-refractivity contribution < 1.29 is 9.90 Å². The van der Waals surface area contributed by atoms with E-state index in [4.69, 9.17) is 23.4 Å². The van der Waals surface area contributed by atoms with Crippen LogP contribution in [0.5, 0.6) is 0 Å². The molecule has 0 bridgehead atoms. The molecule has 106 valence electrons. The molecule has 0 saturated carbocycles. The largest absolute Gasteiger partial charge is 0.479 e. The zero-order valence-electron chi connectivity index (χ0n) is 11.0. The lowest BCUT2D eigenvalue weighted by Crippen LogP contribution is -2.47. The van der Waals surface area contributed by atoms with Crippen molar-refractivity contribution in [3.05, 3.63) is 35.9 Å². The van der Waals surface area contributed by atoms with E-state index in [0.717, 1.165) is 24.8 Å². The smallest absolute Gasteiger partial charge is 0.341 e. The number of hydrogen-bond acceptors (Lipinski definition) is 2. The molecule has 0 unspecified atom stereocenters. The number of halogens is 2. The summed E-state index contributed by atoms with van der Waals surface area (Å²) in [6.45, 7) is 2.53. The van der Waals surface area contributed by atoms with Crippen LogP contribution in [0.25, 0.3) is 0 Å². The Kier molecular flexibility index (Phi) is 6.63. The van der Waals surface area contributed by atoms with E-state index in [1.54, 1.807) is 0 Å². The number of alkyl halides is 1. The fourth-order valence-corrected chi connectivity index (χ4v) is 2.30. The first-order chi connectivity index (χ1) is 9.00. The normalized spacial score (nSPS) is 14.3. The molecule has 0 spiro atoms. The molecule has 1 aromatic rings. The summed E-state index contributed by atoms with van der Waals surface area (Å²) in [5.74, 6) is -1.12. The van der Waals surface area contributed by atoms with E-state index in [1.807, 2.05) is 30.3 Å². The van der Waals surface area contributed by atoms with Crippen LogP contribution in [0.4, 0.5) is 0 Å². The second kappa shape index (κ2) is 7.73. The highest BCUT2D eigenvalue weighted by molar-refractivity contribution is 6.36. The third-order valence-corrected chi connectivity index (χ3v) is 3.99. The summed E-state index contributed by atoms with van der Waals surface area (Å²) in [6.07, 6.45) is 3.05. The van der Waals surface area contributed by atoms with Gasteiger partial charge in [-0.15, -0.1) is 0 Å². The Hall–Kier alpha value is -0.770. The van der Waals surface area contributed by atoms with E-state index < -0.39 is 11.0 Å². The SMILES string of the molecule is CCCCCN(Cl)[C@@](Cl)(Cc1ccccc1)C(=O)O. The van der Waals surface area contributed by atoms with Crippen LogP contribution in [-0.4, -0.2) is 27.0 Å². The minimum absolute atomic E-state index is 0.167. The second-order valence-corrected chi connectivity index (χ2v) is 5.55. The number of carboxylic acids is 1. The van der Waals surface area contributed by atoms with Crippen molar-refractivity contribution in [2.45, 2.75) is 37.6 Å². The third-order valence-electron chi connectivity index (χ3n) is 2.95. The average molecular weight is 304 g/mol. The molecule has 1 rings (SSSR count). The summed E-state index contributed by atoms with van der Waals surface area (Å²) in [4.78, 5) is 9.84. The fraction of sp³-hybridized carbons (Fsp3) is 0.500. The second-order valence-electron chi connectivity index (χ2n) is 4.52. The number of rotatable bonds is 8. The molecule has 0 saturated heterocycles. The summed E-state index contributed by atoms with van der Waals surface area (Å²) in [7, 11) is 0. The monoisotopic (exact) mass is 303 g/mol. The van der Waals surface area contributed by atoms with Crippen molar-refractivity contribution in [2.24, 2.45) is 0 Å². The highest BCUT2D eigenvalue weighted by atomic mass is 35.5. The molecule has 0 aliphatic rings. The first-order valence-electron chi connectivity index (χ1n) is 6.40. The lowest BCUT2D eigenvalue weighted by Gasteiger charge is -2.30. The first-order valence-corrected chi connectivity index (χ1v) is 7.12. The molecule has 0 amide bonds. The summed E-state index contributed by atoms with van der Waals surface area (Å²) in [5, 5.41) is 9.36. The van der Waals surface area contributed by atoms with Crippen molar-refractivity contribution in [3.8, 4) is 0 Å². The van der Waals surface area contributed by atoms with Gasteiger partial charge in [0, 0.05) is 13.0 Å². The number of aliphatic carboxylic acids is 1. The van der Waals surface area contributed by atoms with Gasteiger partial charge in [0.15, 0.2) is 0 Å². The maximum absolute atomic E-state index is 11.4. The Morgan fingerprint density at radius 2 is 1.95 bits per heavy atom. The van der Waals surface area contributed by atoms with Crippen molar-refractivity contribution >= 4 is 29.3 Å². The Labute approximate surface area is 124 Å².